The number of hydrogen-bond acceptors (Lipinski definition) is 6. The molecule has 40 heavy (non-hydrogen) atoms. The molecule has 5 rings (SSSR count). The van der Waals surface area contributed by atoms with E-state index in [9.17, 15) is 19.2 Å². The zero-order valence-electron chi connectivity index (χ0n) is 22.5. The maximum Gasteiger partial charge on any atom is 0.209 e. The van der Waals surface area contributed by atoms with E-state index in [1.807, 2.05) is 30.3 Å². The molecular formula is C34H30N2O4. The second-order valence-corrected chi connectivity index (χ2v) is 9.72. The Morgan fingerprint density at radius 3 is 1.62 bits per heavy atom. The molecule has 0 saturated heterocycles. The minimum absolute atomic E-state index is 0.0889. The molecule has 0 atom stereocenters. The van der Waals surface area contributed by atoms with Crippen LogP contribution < -0.4 is 10.6 Å². The highest BCUT2D eigenvalue weighted by atomic mass is 16.1. The van der Waals surface area contributed by atoms with E-state index < -0.39 is 0 Å². The Balaban J connectivity index is 0.000000189. The zero-order chi connectivity index (χ0) is 28.5. The number of nitrogens with one attached hydrogen (secondary N) is 2. The second-order valence-electron chi connectivity index (χ2n) is 9.72. The van der Waals surface area contributed by atoms with Crippen molar-refractivity contribution in [1.82, 2.24) is 10.6 Å². The number of carbonyl (C=O) groups is 4. The van der Waals surface area contributed by atoms with Crippen LogP contribution in [-0.2, 0) is 0 Å². The van der Waals surface area contributed by atoms with Gasteiger partial charge in [0, 0.05) is 46.5 Å². The van der Waals surface area contributed by atoms with Gasteiger partial charge in [-0.15, -0.1) is 0 Å². The van der Waals surface area contributed by atoms with Gasteiger partial charge in [-0.25, -0.2) is 0 Å². The van der Waals surface area contributed by atoms with Gasteiger partial charge in [-0.3, -0.25) is 19.2 Å². The summed E-state index contributed by atoms with van der Waals surface area (Å²) in [5.41, 5.74) is 3.51. The van der Waals surface area contributed by atoms with Crippen LogP contribution >= 0.6 is 0 Å². The third kappa shape index (κ3) is 6.89. The summed E-state index contributed by atoms with van der Waals surface area (Å²) < 4.78 is 0. The van der Waals surface area contributed by atoms with Crippen LogP contribution in [0.3, 0.4) is 0 Å². The molecule has 2 aliphatic rings. The molecule has 0 saturated carbocycles. The van der Waals surface area contributed by atoms with Crippen molar-refractivity contribution in [3.63, 3.8) is 0 Å². The van der Waals surface area contributed by atoms with Crippen molar-refractivity contribution >= 4 is 23.1 Å². The number of rotatable bonds is 6. The number of hydrogen-bond donors (Lipinski definition) is 2. The van der Waals surface area contributed by atoms with Crippen LogP contribution in [0.5, 0.6) is 0 Å². The standard InChI is InChI=1S/C19H13NO2.C15H17NO2/c21-18-13-17(19(22)16-11-5-4-10-15(16)18)20-12-6-9-14-7-2-1-3-8-14;1-10(2)7-8-16-13-9-14(17)11-5-3-4-6-12(11)15(13)18/h1-5,7-8,10-11,13,20H,12H2;3-6,9-10,16H,7-8H2,1-2H3. The molecule has 3 aromatic carbocycles. The van der Waals surface area contributed by atoms with Crippen LogP contribution in [0.2, 0.25) is 0 Å². The molecule has 6 heteroatoms. The van der Waals surface area contributed by atoms with E-state index in [-0.39, 0.29) is 23.1 Å². The molecule has 2 N–H and O–H groups in total. The first-order valence-electron chi connectivity index (χ1n) is 13.2. The molecule has 0 radical (unpaired) electrons. The Morgan fingerprint density at radius 2 is 1.10 bits per heavy atom. The van der Waals surface area contributed by atoms with E-state index in [0.717, 1.165) is 12.0 Å². The van der Waals surface area contributed by atoms with E-state index in [2.05, 4.69) is 36.3 Å². The van der Waals surface area contributed by atoms with Crippen molar-refractivity contribution < 1.29 is 19.2 Å². The van der Waals surface area contributed by atoms with Crippen LogP contribution in [-0.4, -0.2) is 36.2 Å². The lowest BCUT2D eigenvalue weighted by Crippen LogP contribution is -2.27. The van der Waals surface area contributed by atoms with E-state index in [1.54, 1.807) is 48.5 Å². The predicted octanol–water partition coefficient (Wildman–Crippen LogP) is 5.18. The van der Waals surface area contributed by atoms with E-state index in [0.29, 0.717) is 52.7 Å². The number of carbonyl (C=O) groups excluding carboxylic acids is 4. The Kier molecular flexibility index (Phi) is 9.22. The number of allylic oxidation sites excluding steroid dienone is 4. The summed E-state index contributed by atoms with van der Waals surface area (Å²) in [6, 6.07) is 23.4. The summed E-state index contributed by atoms with van der Waals surface area (Å²) in [7, 11) is 0. The van der Waals surface area contributed by atoms with Gasteiger partial charge in [0.05, 0.1) is 17.9 Å². The summed E-state index contributed by atoms with van der Waals surface area (Å²) in [5.74, 6) is 5.99. The first-order chi connectivity index (χ1) is 19.3. The third-order valence-corrected chi connectivity index (χ3v) is 6.33. The highest BCUT2D eigenvalue weighted by Crippen LogP contribution is 2.20. The molecule has 2 aliphatic carbocycles. The second kappa shape index (κ2) is 13.2. The van der Waals surface area contributed by atoms with Crippen molar-refractivity contribution in [2.24, 2.45) is 5.92 Å². The summed E-state index contributed by atoms with van der Waals surface area (Å²) in [6.07, 6.45) is 3.72. The smallest absolute Gasteiger partial charge is 0.209 e. The first-order valence-corrected chi connectivity index (χ1v) is 13.2. The fourth-order valence-electron chi connectivity index (χ4n) is 4.20. The molecule has 0 heterocycles. The predicted molar refractivity (Wildman–Crippen MR) is 155 cm³/mol. The Morgan fingerprint density at radius 1 is 0.625 bits per heavy atom. The average Bonchev–Trinajstić information content (AvgIpc) is 2.97. The van der Waals surface area contributed by atoms with Crippen LogP contribution in [0.4, 0.5) is 0 Å². The number of fused-ring (bicyclic) bond motifs is 2. The van der Waals surface area contributed by atoms with Gasteiger partial charge in [0.1, 0.15) is 0 Å². The van der Waals surface area contributed by atoms with Crippen LogP contribution in [0.25, 0.3) is 0 Å². The lowest BCUT2D eigenvalue weighted by Gasteiger charge is -2.16. The average molecular weight is 531 g/mol. The van der Waals surface area contributed by atoms with E-state index in [1.165, 1.54) is 12.2 Å². The SMILES string of the molecule is CC(C)CCNC1=CC(=O)c2ccccc2C1=O.O=C1C=C(NCC#Cc2ccccc2)C(=O)c2ccccc21. The molecule has 200 valence electrons. The number of benzene rings is 3. The van der Waals surface area contributed by atoms with Gasteiger partial charge in [0.15, 0.2) is 11.6 Å². The highest BCUT2D eigenvalue weighted by Gasteiger charge is 2.25. The maximum atomic E-state index is 12.3. The summed E-state index contributed by atoms with van der Waals surface area (Å²) >= 11 is 0. The van der Waals surface area contributed by atoms with E-state index in [4.69, 9.17) is 0 Å². The van der Waals surface area contributed by atoms with Gasteiger partial charge < -0.3 is 10.6 Å². The van der Waals surface area contributed by atoms with Crippen LogP contribution in [0, 0.1) is 17.8 Å². The normalized spacial score (nSPS) is 13.6. The molecule has 0 bridgehead atoms. The van der Waals surface area contributed by atoms with Crippen molar-refractivity contribution in [2.75, 3.05) is 13.1 Å². The van der Waals surface area contributed by atoms with Gasteiger partial charge in [-0.2, -0.15) is 0 Å². The minimum Gasteiger partial charge on any atom is -0.382 e. The molecule has 0 amide bonds. The molecule has 0 aliphatic heterocycles. The molecule has 0 fully saturated rings. The molecule has 6 nitrogen and oxygen atoms in total. The Hall–Kier alpha value is -5.02. The van der Waals surface area contributed by atoms with E-state index >= 15 is 0 Å². The molecular weight excluding hydrogens is 500 g/mol. The summed E-state index contributed by atoms with van der Waals surface area (Å²) in [4.78, 5) is 48.3. The van der Waals surface area contributed by atoms with Crippen molar-refractivity contribution in [3.05, 3.63) is 130 Å². The van der Waals surface area contributed by atoms with Gasteiger partial charge in [-0.05, 0) is 24.5 Å². The van der Waals surface area contributed by atoms with Crippen molar-refractivity contribution in [3.8, 4) is 11.8 Å². The zero-order valence-corrected chi connectivity index (χ0v) is 22.5. The van der Waals surface area contributed by atoms with Crippen LogP contribution in [0.15, 0.2) is 102 Å². The molecule has 0 unspecified atom stereocenters. The van der Waals surface area contributed by atoms with Gasteiger partial charge >= 0.3 is 0 Å². The lowest BCUT2D eigenvalue weighted by atomic mass is 9.92. The quantitative estimate of drug-likeness (QED) is 0.427. The van der Waals surface area contributed by atoms with Crippen molar-refractivity contribution in [1.29, 1.82) is 0 Å². The maximum absolute atomic E-state index is 12.3. The van der Waals surface area contributed by atoms with Gasteiger partial charge in [0.2, 0.25) is 11.6 Å². The van der Waals surface area contributed by atoms with Gasteiger partial charge in [-0.1, -0.05) is 92.4 Å². The molecule has 3 aromatic rings. The van der Waals surface area contributed by atoms with Gasteiger partial charge in [0.25, 0.3) is 0 Å². The monoisotopic (exact) mass is 530 g/mol. The molecule has 0 aromatic heterocycles. The fraction of sp³-hybridized carbons (Fsp3) is 0.176. The Bertz CT molecular complexity index is 1570. The number of Topliss-reactive ketones (excluding diaryl/α,β-unsaturated/α-hetero) is 2. The highest BCUT2D eigenvalue weighted by molar-refractivity contribution is 6.25. The lowest BCUT2D eigenvalue weighted by molar-refractivity contribution is 0.0978. The summed E-state index contributed by atoms with van der Waals surface area (Å²) in [6.45, 7) is 5.27. The third-order valence-electron chi connectivity index (χ3n) is 6.33. The minimum atomic E-state index is -0.170. The molecule has 0 spiro atoms. The number of ketones is 4. The first kappa shape index (κ1) is 28.0. The largest absolute Gasteiger partial charge is 0.382 e. The van der Waals surface area contributed by atoms with Crippen LogP contribution in [0.1, 0.15) is 67.3 Å². The fourth-order valence-corrected chi connectivity index (χ4v) is 4.20. The topological polar surface area (TPSA) is 92.3 Å². The summed E-state index contributed by atoms with van der Waals surface area (Å²) in [5, 5.41) is 5.99. The Labute approximate surface area is 234 Å². The van der Waals surface area contributed by atoms with Crippen molar-refractivity contribution in [2.45, 2.75) is 20.3 Å².